The molecular formula is C32H39F3N6O2S. The highest BCUT2D eigenvalue weighted by Gasteiger charge is 2.39. The molecule has 44 heavy (non-hydrogen) atoms. The van der Waals surface area contributed by atoms with E-state index in [0.29, 0.717) is 37.5 Å². The number of imidazole rings is 2. The largest absolute Gasteiger partial charge is 0.449 e. The normalized spacial score (nSPS) is 19.0. The molecule has 2 aromatic heterocycles. The van der Waals surface area contributed by atoms with Crippen molar-refractivity contribution in [2.45, 2.75) is 77.0 Å². The Balaban J connectivity index is 0.000000175. The van der Waals surface area contributed by atoms with Crippen LogP contribution in [0.1, 0.15) is 58.2 Å². The Morgan fingerprint density at radius 2 is 1.25 bits per heavy atom. The van der Waals surface area contributed by atoms with Gasteiger partial charge >= 0.3 is 6.18 Å². The number of halogens is 3. The number of rotatable bonds is 9. The van der Waals surface area contributed by atoms with Crippen LogP contribution >= 0.6 is 11.8 Å². The first-order valence-corrected chi connectivity index (χ1v) is 16.4. The van der Waals surface area contributed by atoms with Gasteiger partial charge in [0.1, 0.15) is 0 Å². The van der Waals surface area contributed by atoms with Gasteiger partial charge in [-0.1, -0.05) is 62.7 Å². The fourth-order valence-electron chi connectivity index (χ4n) is 6.31. The smallest absolute Gasteiger partial charge is 0.324 e. The molecule has 2 aromatic carbocycles. The van der Waals surface area contributed by atoms with E-state index in [0.717, 1.165) is 53.0 Å². The SMILES string of the molecule is CCCC1CC(=O)N(Cn2c(C(F)(F)F)nc3ccccc32)C1.CCCC1CC(=O)N(Cn2c(SC)nc3ccccc32)C1. The van der Waals surface area contributed by atoms with Crippen LogP contribution in [0.2, 0.25) is 0 Å². The molecule has 2 atom stereocenters. The second kappa shape index (κ2) is 13.6. The lowest BCUT2D eigenvalue weighted by molar-refractivity contribution is -0.149. The van der Waals surface area contributed by atoms with Gasteiger partial charge < -0.3 is 18.9 Å². The highest BCUT2D eigenvalue weighted by Crippen LogP contribution is 2.33. The van der Waals surface area contributed by atoms with E-state index in [2.05, 4.69) is 27.5 Å². The van der Waals surface area contributed by atoms with Gasteiger partial charge in [-0.05, 0) is 55.2 Å². The Morgan fingerprint density at radius 3 is 1.75 bits per heavy atom. The van der Waals surface area contributed by atoms with Crippen LogP contribution in [0, 0.1) is 11.8 Å². The lowest BCUT2D eigenvalue weighted by Crippen LogP contribution is -2.30. The number of thioether (sulfide) groups is 1. The summed E-state index contributed by atoms with van der Waals surface area (Å²) in [6.45, 7) is 6.13. The molecule has 12 heteroatoms. The Hall–Kier alpha value is -3.54. The number of nitrogens with zero attached hydrogens (tertiary/aromatic N) is 6. The quantitative estimate of drug-likeness (QED) is 0.186. The third kappa shape index (κ3) is 6.90. The molecule has 6 rings (SSSR count). The van der Waals surface area contributed by atoms with Crippen molar-refractivity contribution in [2.75, 3.05) is 19.3 Å². The van der Waals surface area contributed by atoms with Gasteiger partial charge in [-0.25, -0.2) is 9.97 Å². The van der Waals surface area contributed by atoms with Crippen LogP contribution in [-0.2, 0) is 29.1 Å². The van der Waals surface area contributed by atoms with Crippen molar-refractivity contribution in [2.24, 2.45) is 11.8 Å². The minimum Gasteiger partial charge on any atom is -0.324 e. The molecule has 2 aliphatic rings. The fraction of sp³-hybridized carbons (Fsp3) is 0.500. The summed E-state index contributed by atoms with van der Waals surface area (Å²) < 4.78 is 43.1. The average molecular weight is 629 g/mol. The van der Waals surface area contributed by atoms with Crippen LogP contribution in [-0.4, -0.2) is 60.1 Å². The van der Waals surface area contributed by atoms with Crippen molar-refractivity contribution in [3.63, 3.8) is 0 Å². The van der Waals surface area contributed by atoms with Gasteiger partial charge in [-0.15, -0.1) is 0 Å². The average Bonchev–Trinajstić information content (AvgIpc) is 3.74. The van der Waals surface area contributed by atoms with Gasteiger partial charge in [0.25, 0.3) is 0 Å². The predicted octanol–water partition coefficient (Wildman–Crippen LogP) is 7.03. The summed E-state index contributed by atoms with van der Waals surface area (Å²) in [5.74, 6) is -0.00952. The fourth-order valence-corrected chi connectivity index (χ4v) is 6.87. The summed E-state index contributed by atoms with van der Waals surface area (Å²) in [5, 5.41) is 0.975. The lowest BCUT2D eigenvalue weighted by Gasteiger charge is -2.20. The zero-order valence-electron chi connectivity index (χ0n) is 25.4. The number of aromatic nitrogens is 4. The second-order valence-electron chi connectivity index (χ2n) is 11.6. The zero-order valence-corrected chi connectivity index (χ0v) is 26.2. The van der Waals surface area contributed by atoms with Crippen LogP contribution in [0.25, 0.3) is 22.1 Å². The van der Waals surface area contributed by atoms with Gasteiger partial charge in [0.15, 0.2) is 5.16 Å². The van der Waals surface area contributed by atoms with Crippen molar-refractivity contribution < 1.29 is 22.8 Å². The molecule has 0 bridgehead atoms. The standard InChI is InChI=1S/C16H18F3N3O.C16H21N3OS/c1-2-5-11-8-14(23)21(9-11)10-22-13-7-4-3-6-12(13)20-15(22)16(17,18)19;1-3-6-12-9-15(20)18(10-12)11-19-14-8-5-4-7-13(14)17-16(19)21-2/h3-4,6-7,11H,2,5,8-10H2,1H3;4-5,7-8,12H,3,6,9-11H2,1-2H3. The molecule has 0 saturated carbocycles. The topological polar surface area (TPSA) is 76.3 Å². The van der Waals surface area contributed by atoms with E-state index in [1.165, 1.54) is 4.90 Å². The van der Waals surface area contributed by atoms with E-state index in [4.69, 9.17) is 0 Å². The summed E-state index contributed by atoms with van der Waals surface area (Å²) in [6.07, 6.45) is 2.77. The molecule has 0 radical (unpaired) electrons. The summed E-state index contributed by atoms with van der Waals surface area (Å²) in [6, 6.07) is 14.6. The maximum atomic E-state index is 13.3. The number of carbonyl (C=O) groups excluding carboxylic acids is 2. The molecule has 0 spiro atoms. The Bertz CT molecular complexity index is 1620. The van der Waals surface area contributed by atoms with Crippen LogP contribution in [0.4, 0.5) is 13.2 Å². The van der Waals surface area contributed by atoms with Crippen molar-refractivity contribution in [1.29, 1.82) is 0 Å². The molecule has 2 amide bonds. The first-order chi connectivity index (χ1) is 21.1. The molecule has 2 fully saturated rings. The number of para-hydroxylation sites is 4. The van der Waals surface area contributed by atoms with Crippen molar-refractivity contribution >= 4 is 45.6 Å². The minimum absolute atomic E-state index is 0.0886. The van der Waals surface area contributed by atoms with Crippen molar-refractivity contribution in [3.05, 3.63) is 54.4 Å². The van der Waals surface area contributed by atoms with E-state index < -0.39 is 12.0 Å². The van der Waals surface area contributed by atoms with Gasteiger partial charge in [-0.3, -0.25) is 9.59 Å². The number of benzene rings is 2. The number of amides is 2. The van der Waals surface area contributed by atoms with E-state index in [1.54, 1.807) is 36.0 Å². The van der Waals surface area contributed by atoms with Crippen LogP contribution in [0.5, 0.6) is 0 Å². The van der Waals surface area contributed by atoms with Crippen molar-refractivity contribution in [1.82, 2.24) is 28.9 Å². The number of alkyl halides is 3. The molecule has 2 unspecified atom stereocenters. The molecule has 0 aliphatic carbocycles. The summed E-state index contributed by atoms with van der Waals surface area (Å²) >= 11 is 1.63. The Labute approximate surface area is 259 Å². The molecule has 236 valence electrons. The van der Waals surface area contributed by atoms with Crippen LogP contribution < -0.4 is 0 Å². The maximum Gasteiger partial charge on any atom is 0.449 e. The molecule has 2 saturated heterocycles. The van der Waals surface area contributed by atoms with Crippen LogP contribution in [0.3, 0.4) is 0 Å². The number of fused-ring (bicyclic) bond motifs is 2. The van der Waals surface area contributed by atoms with Gasteiger partial charge in [0.2, 0.25) is 17.6 Å². The zero-order chi connectivity index (χ0) is 31.4. The lowest BCUT2D eigenvalue weighted by atomic mass is 10.0. The molecule has 2 aliphatic heterocycles. The molecule has 0 N–H and O–H groups in total. The van der Waals surface area contributed by atoms with Crippen LogP contribution in [0.15, 0.2) is 53.7 Å². The monoisotopic (exact) mass is 628 g/mol. The first-order valence-electron chi connectivity index (χ1n) is 15.2. The first kappa shape index (κ1) is 31.9. The summed E-state index contributed by atoms with van der Waals surface area (Å²) in [4.78, 5) is 36.1. The van der Waals surface area contributed by atoms with E-state index >= 15 is 0 Å². The molecule has 4 heterocycles. The number of likely N-dealkylation sites (tertiary alicyclic amines) is 2. The Kier molecular flexibility index (Phi) is 9.87. The maximum absolute atomic E-state index is 13.3. The third-order valence-corrected chi connectivity index (χ3v) is 8.99. The number of hydrogen-bond acceptors (Lipinski definition) is 5. The van der Waals surface area contributed by atoms with Gasteiger partial charge in [0, 0.05) is 25.9 Å². The summed E-state index contributed by atoms with van der Waals surface area (Å²) in [7, 11) is 0. The van der Waals surface area contributed by atoms with Crippen molar-refractivity contribution in [3.8, 4) is 0 Å². The number of carbonyl (C=O) groups is 2. The second-order valence-corrected chi connectivity index (χ2v) is 12.4. The molecule has 4 aromatic rings. The third-order valence-electron chi connectivity index (χ3n) is 8.32. The van der Waals surface area contributed by atoms with E-state index in [9.17, 15) is 22.8 Å². The molecule has 8 nitrogen and oxygen atoms in total. The van der Waals surface area contributed by atoms with E-state index in [-0.39, 0.29) is 29.9 Å². The Morgan fingerprint density at radius 1 is 0.773 bits per heavy atom. The van der Waals surface area contributed by atoms with E-state index in [1.807, 2.05) is 36.3 Å². The minimum atomic E-state index is -4.55. The predicted molar refractivity (Wildman–Crippen MR) is 166 cm³/mol. The highest BCUT2D eigenvalue weighted by atomic mass is 32.2. The molecular weight excluding hydrogens is 589 g/mol. The van der Waals surface area contributed by atoms with Gasteiger partial charge in [0.05, 0.1) is 35.4 Å². The van der Waals surface area contributed by atoms with Gasteiger partial charge in [-0.2, -0.15) is 13.2 Å². The summed E-state index contributed by atoms with van der Waals surface area (Å²) in [5.41, 5.74) is 2.79. The number of hydrogen-bond donors (Lipinski definition) is 0. The highest BCUT2D eigenvalue weighted by molar-refractivity contribution is 7.98.